The van der Waals surface area contributed by atoms with E-state index < -0.39 is 5.82 Å². The van der Waals surface area contributed by atoms with E-state index >= 15 is 0 Å². The maximum absolute atomic E-state index is 14.4. The lowest BCUT2D eigenvalue weighted by molar-refractivity contribution is 0.0470. The highest BCUT2D eigenvalue weighted by Crippen LogP contribution is 2.26. The molecule has 0 spiro atoms. The van der Waals surface area contributed by atoms with Gasteiger partial charge < -0.3 is 9.88 Å². The Morgan fingerprint density at radius 1 is 1.27 bits per heavy atom. The van der Waals surface area contributed by atoms with Gasteiger partial charge in [0, 0.05) is 55.6 Å². The van der Waals surface area contributed by atoms with Crippen molar-refractivity contribution in [3.05, 3.63) is 66.1 Å². The van der Waals surface area contributed by atoms with Gasteiger partial charge in [0.15, 0.2) is 0 Å². The Morgan fingerprint density at radius 2 is 2.14 bits per heavy atom. The number of halogens is 1. The van der Waals surface area contributed by atoms with Gasteiger partial charge in [0.05, 0.1) is 47.6 Å². The van der Waals surface area contributed by atoms with Gasteiger partial charge in [-0.2, -0.15) is 15.6 Å². The zero-order chi connectivity index (χ0) is 25.9. The van der Waals surface area contributed by atoms with Gasteiger partial charge in [-0.3, -0.25) is 14.4 Å². The number of carbonyl (C=O) groups excluding carboxylic acids is 1. The predicted octanol–water partition coefficient (Wildman–Crippen LogP) is 3.13. The zero-order valence-corrected chi connectivity index (χ0v) is 20.2. The summed E-state index contributed by atoms with van der Waals surface area (Å²) >= 11 is 0. The molecule has 3 aromatic heterocycles. The molecular formula is C26H24FN9O. The van der Waals surface area contributed by atoms with Crippen LogP contribution in [0.1, 0.15) is 35.3 Å². The maximum atomic E-state index is 14.4. The maximum Gasteiger partial charge on any atom is 0.256 e. The average molecular weight is 498 g/mol. The average Bonchev–Trinajstić information content (AvgIpc) is 3.59. The minimum absolute atomic E-state index is 0.00304. The third-order valence-electron chi connectivity index (χ3n) is 6.76. The highest BCUT2D eigenvalue weighted by Gasteiger charge is 2.30. The van der Waals surface area contributed by atoms with E-state index in [4.69, 9.17) is 5.26 Å². The largest absolute Gasteiger partial charge is 0.346 e. The number of hydrogen-bond donors (Lipinski definition) is 1. The Morgan fingerprint density at radius 3 is 2.89 bits per heavy atom. The van der Waals surface area contributed by atoms with Crippen LogP contribution in [0.5, 0.6) is 0 Å². The number of nitrogens with one attached hydrogen (secondary N) is 1. The van der Waals surface area contributed by atoms with E-state index in [1.165, 1.54) is 18.5 Å². The van der Waals surface area contributed by atoms with E-state index in [1.807, 2.05) is 31.5 Å². The lowest BCUT2D eigenvalue weighted by Crippen LogP contribution is -2.54. The molecular weight excluding hydrogens is 473 g/mol. The number of carbonyl (C=O) groups is 1. The van der Waals surface area contributed by atoms with Crippen LogP contribution in [0.2, 0.25) is 0 Å². The second-order valence-corrected chi connectivity index (χ2v) is 9.09. The third-order valence-corrected chi connectivity index (χ3v) is 6.76. The molecule has 0 radical (unpaired) electrons. The first-order chi connectivity index (χ1) is 18.0. The van der Waals surface area contributed by atoms with E-state index in [0.717, 1.165) is 28.4 Å². The summed E-state index contributed by atoms with van der Waals surface area (Å²) in [6, 6.07) is 9.76. The number of nitrogens with zero attached hydrogens (tertiary/aromatic N) is 8. The molecule has 4 heterocycles. The second-order valence-electron chi connectivity index (χ2n) is 9.09. The standard InChI is InChI=1S/C26H24FN9O/c1-17-13-35(26(37)21-3-2-18(11-29)10-23(21)27)9-8-34(17)15-20(4-6-28)36-14-19(12-33-36)24-22-5-7-30-25(22)32-16-31-24/h2-3,5,7,10,12,14,16-17,20H,4,8-9,13,15H2,1H3,(H,30,31,32)/t17-,20?/m1/s1. The van der Waals surface area contributed by atoms with Crippen LogP contribution in [0.15, 0.2) is 49.2 Å². The van der Waals surface area contributed by atoms with Crippen molar-refractivity contribution < 1.29 is 9.18 Å². The number of H-pyrrole nitrogens is 1. The minimum Gasteiger partial charge on any atom is -0.346 e. The zero-order valence-electron chi connectivity index (χ0n) is 20.2. The van der Waals surface area contributed by atoms with Gasteiger partial charge in [0.2, 0.25) is 0 Å². The fourth-order valence-electron chi connectivity index (χ4n) is 4.76. The summed E-state index contributed by atoms with van der Waals surface area (Å²) < 4.78 is 16.2. The first-order valence-electron chi connectivity index (χ1n) is 11.9. The number of nitriles is 2. The highest BCUT2D eigenvalue weighted by molar-refractivity contribution is 5.94. The molecule has 2 atom stereocenters. The lowest BCUT2D eigenvalue weighted by atomic mass is 10.1. The van der Waals surface area contributed by atoms with Crippen LogP contribution in [0.25, 0.3) is 22.3 Å². The van der Waals surface area contributed by atoms with Gasteiger partial charge in [-0.05, 0) is 31.2 Å². The van der Waals surface area contributed by atoms with Crippen molar-refractivity contribution in [1.82, 2.24) is 34.5 Å². The molecule has 10 nitrogen and oxygen atoms in total. The molecule has 0 aliphatic carbocycles. The van der Waals surface area contributed by atoms with Gasteiger partial charge >= 0.3 is 0 Å². The molecule has 1 aromatic carbocycles. The molecule has 4 aromatic rings. The van der Waals surface area contributed by atoms with Crippen LogP contribution in [0, 0.1) is 28.5 Å². The summed E-state index contributed by atoms with van der Waals surface area (Å²) in [6.45, 7) is 4.02. The van der Waals surface area contributed by atoms with Crippen molar-refractivity contribution in [2.24, 2.45) is 0 Å². The number of benzene rings is 1. The number of aromatic nitrogens is 5. The quantitative estimate of drug-likeness (QED) is 0.433. The minimum atomic E-state index is -0.691. The number of rotatable bonds is 6. The number of fused-ring (bicyclic) bond motifs is 1. The van der Waals surface area contributed by atoms with Crippen LogP contribution in [0.3, 0.4) is 0 Å². The Hall–Kier alpha value is -4.61. The van der Waals surface area contributed by atoms with Crippen molar-refractivity contribution in [1.29, 1.82) is 10.5 Å². The van der Waals surface area contributed by atoms with E-state index in [0.29, 0.717) is 26.2 Å². The van der Waals surface area contributed by atoms with Crippen molar-refractivity contribution in [3.8, 4) is 23.4 Å². The topological polar surface area (TPSA) is 131 Å². The van der Waals surface area contributed by atoms with Crippen LogP contribution < -0.4 is 0 Å². The van der Waals surface area contributed by atoms with Gasteiger partial charge in [0.1, 0.15) is 17.8 Å². The van der Waals surface area contributed by atoms with E-state index in [-0.39, 0.29) is 35.5 Å². The molecule has 0 saturated carbocycles. The number of amides is 1. The normalized spacial score (nSPS) is 16.9. The molecule has 1 aliphatic rings. The van der Waals surface area contributed by atoms with Crippen molar-refractivity contribution in [2.75, 3.05) is 26.2 Å². The first kappa shape index (κ1) is 24.1. The van der Waals surface area contributed by atoms with E-state index in [9.17, 15) is 14.4 Å². The number of aromatic amines is 1. The SMILES string of the molecule is C[C@@H]1CN(C(=O)c2ccc(C#N)cc2F)CCN1CC(CC#N)n1cc(-c2ncnc3[nH]ccc23)cn1. The molecule has 37 heavy (non-hydrogen) atoms. The summed E-state index contributed by atoms with van der Waals surface area (Å²) in [4.78, 5) is 28.5. The van der Waals surface area contributed by atoms with E-state index in [1.54, 1.807) is 15.8 Å². The summed E-state index contributed by atoms with van der Waals surface area (Å²) in [5.41, 5.74) is 2.49. The summed E-state index contributed by atoms with van der Waals surface area (Å²) in [5, 5.41) is 23.9. The first-order valence-corrected chi connectivity index (χ1v) is 11.9. The second kappa shape index (κ2) is 10.2. The molecule has 1 unspecified atom stereocenters. The lowest BCUT2D eigenvalue weighted by Gasteiger charge is -2.41. The molecule has 1 amide bonds. The molecule has 0 bridgehead atoms. The Kier molecular flexibility index (Phi) is 6.62. The highest BCUT2D eigenvalue weighted by atomic mass is 19.1. The van der Waals surface area contributed by atoms with Crippen LogP contribution in [-0.2, 0) is 0 Å². The molecule has 1 fully saturated rings. The summed E-state index contributed by atoms with van der Waals surface area (Å²) in [7, 11) is 0. The fraction of sp³-hybridized carbons (Fsp3) is 0.308. The predicted molar refractivity (Wildman–Crippen MR) is 132 cm³/mol. The van der Waals surface area contributed by atoms with Gasteiger partial charge in [-0.1, -0.05) is 0 Å². The summed E-state index contributed by atoms with van der Waals surface area (Å²) in [5.74, 6) is -1.08. The van der Waals surface area contributed by atoms with Crippen LogP contribution in [0.4, 0.5) is 4.39 Å². The Balaban J connectivity index is 1.28. The molecule has 186 valence electrons. The van der Waals surface area contributed by atoms with Crippen molar-refractivity contribution in [3.63, 3.8) is 0 Å². The third kappa shape index (κ3) is 4.77. The van der Waals surface area contributed by atoms with Gasteiger partial charge in [-0.15, -0.1) is 0 Å². The fourth-order valence-corrected chi connectivity index (χ4v) is 4.76. The molecule has 5 rings (SSSR count). The molecule has 1 aliphatic heterocycles. The van der Waals surface area contributed by atoms with Gasteiger partial charge in [0.25, 0.3) is 5.91 Å². The monoisotopic (exact) mass is 497 g/mol. The number of hydrogen-bond acceptors (Lipinski definition) is 7. The number of piperazine rings is 1. The summed E-state index contributed by atoms with van der Waals surface area (Å²) in [6.07, 6.45) is 7.23. The molecule has 11 heteroatoms. The smallest absolute Gasteiger partial charge is 0.256 e. The van der Waals surface area contributed by atoms with Crippen molar-refractivity contribution >= 4 is 16.9 Å². The Bertz CT molecular complexity index is 1530. The van der Waals surface area contributed by atoms with Crippen molar-refractivity contribution in [2.45, 2.75) is 25.4 Å². The van der Waals surface area contributed by atoms with Gasteiger partial charge in [-0.25, -0.2) is 14.4 Å². The molecule has 1 N–H and O–H groups in total. The Labute approximate surface area is 212 Å². The van der Waals surface area contributed by atoms with E-state index in [2.05, 4.69) is 31.0 Å². The van der Waals surface area contributed by atoms with Crippen LogP contribution >= 0.6 is 0 Å². The van der Waals surface area contributed by atoms with Crippen LogP contribution in [-0.4, -0.2) is 72.7 Å². The molecule has 1 saturated heterocycles.